The molecule has 0 bridgehead atoms. The molecule has 3 fully saturated rings. The van der Waals surface area contributed by atoms with Crippen LogP contribution in [0, 0.1) is 23.2 Å². The van der Waals surface area contributed by atoms with Gasteiger partial charge < -0.3 is 4.74 Å². The largest absolute Gasteiger partial charge is 0.458 e. The fourth-order valence-electron chi connectivity index (χ4n) is 4.28. The molecule has 3 nitrogen and oxygen atoms in total. The van der Waals surface area contributed by atoms with Crippen LogP contribution in [0.25, 0.3) is 0 Å². The second-order valence-electron chi connectivity index (χ2n) is 6.48. The van der Waals surface area contributed by atoms with E-state index in [9.17, 15) is 9.59 Å². The summed E-state index contributed by atoms with van der Waals surface area (Å²) in [5.74, 6) is 1.18. The van der Waals surface area contributed by atoms with E-state index in [4.69, 9.17) is 4.74 Å². The van der Waals surface area contributed by atoms with Gasteiger partial charge in [-0.05, 0) is 31.1 Å². The minimum Gasteiger partial charge on any atom is -0.458 e. The van der Waals surface area contributed by atoms with Gasteiger partial charge in [-0.1, -0.05) is 20.4 Å². The lowest BCUT2D eigenvalue weighted by atomic mass is 9.53. The van der Waals surface area contributed by atoms with Crippen molar-refractivity contribution in [3.8, 4) is 0 Å². The molecule has 3 aliphatic rings. The zero-order chi connectivity index (χ0) is 13.1. The first-order valence-electron chi connectivity index (χ1n) is 6.86. The Labute approximate surface area is 108 Å². The van der Waals surface area contributed by atoms with Crippen LogP contribution in [0.5, 0.6) is 0 Å². The number of carbonyl (C=O) groups excluding carboxylic acids is 2. The number of esters is 1. The number of Topliss-reactive ketones (excluding diaryl/α,β-unsaturated/α-hetero) is 1. The Balaban J connectivity index is 1.94. The molecular formula is C15H20O3. The van der Waals surface area contributed by atoms with E-state index in [-0.39, 0.29) is 23.4 Å². The van der Waals surface area contributed by atoms with Crippen molar-refractivity contribution in [1.82, 2.24) is 0 Å². The van der Waals surface area contributed by atoms with Crippen LogP contribution in [0.4, 0.5) is 0 Å². The van der Waals surface area contributed by atoms with E-state index in [2.05, 4.69) is 20.4 Å². The van der Waals surface area contributed by atoms with Crippen molar-refractivity contribution >= 4 is 11.8 Å². The molecule has 1 heterocycles. The van der Waals surface area contributed by atoms with Gasteiger partial charge in [0.15, 0.2) is 0 Å². The molecule has 1 aliphatic heterocycles. The van der Waals surface area contributed by atoms with E-state index in [1.807, 2.05) is 0 Å². The van der Waals surface area contributed by atoms with Gasteiger partial charge >= 0.3 is 5.97 Å². The molecule has 2 saturated carbocycles. The molecule has 0 aromatic rings. The number of hydrogen-bond donors (Lipinski definition) is 0. The Kier molecular flexibility index (Phi) is 2.45. The summed E-state index contributed by atoms with van der Waals surface area (Å²) in [5.41, 5.74) is 0.330. The number of rotatable bonds is 0. The summed E-state index contributed by atoms with van der Waals surface area (Å²) in [6, 6.07) is 0. The Hall–Kier alpha value is -1.12. The molecule has 0 N–H and O–H groups in total. The molecule has 0 aromatic heterocycles. The minimum atomic E-state index is -0.288. The summed E-state index contributed by atoms with van der Waals surface area (Å²) >= 11 is 0. The highest BCUT2D eigenvalue weighted by atomic mass is 16.6. The fourth-order valence-corrected chi connectivity index (χ4v) is 4.28. The van der Waals surface area contributed by atoms with Crippen molar-refractivity contribution in [3.05, 3.63) is 12.2 Å². The molecule has 0 radical (unpaired) electrons. The molecule has 98 valence electrons. The predicted octanol–water partition coefficient (Wildman–Crippen LogP) is 2.50. The molecular weight excluding hydrogens is 228 g/mol. The third-order valence-electron chi connectivity index (χ3n) is 5.52. The molecule has 18 heavy (non-hydrogen) atoms. The van der Waals surface area contributed by atoms with Crippen LogP contribution in [-0.4, -0.2) is 17.9 Å². The molecule has 0 aromatic carbocycles. The van der Waals surface area contributed by atoms with Gasteiger partial charge in [-0.15, -0.1) is 0 Å². The SMILES string of the molecule is C=C1C(=O)O[C@@H]2C[C@@]3(C)C(=O)CC[C@@H](C)[C@@H]3C[C@H]12. The van der Waals surface area contributed by atoms with Crippen LogP contribution in [0.15, 0.2) is 12.2 Å². The lowest BCUT2D eigenvalue weighted by Gasteiger charge is -2.49. The van der Waals surface area contributed by atoms with Gasteiger partial charge in [0.2, 0.25) is 0 Å². The van der Waals surface area contributed by atoms with E-state index in [1.54, 1.807) is 0 Å². The van der Waals surface area contributed by atoms with Crippen LogP contribution in [-0.2, 0) is 14.3 Å². The molecule has 0 unspecified atom stereocenters. The minimum absolute atomic E-state index is 0.111. The Morgan fingerprint density at radius 3 is 2.83 bits per heavy atom. The maximum atomic E-state index is 12.3. The topological polar surface area (TPSA) is 43.4 Å². The van der Waals surface area contributed by atoms with Crippen LogP contribution < -0.4 is 0 Å². The van der Waals surface area contributed by atoms with Gasteiger partial charge in [-0.25, -0.2) is 4.79 Å². The van der Waals surface area contributed by atoms with Crippen molar-refractivity contribution in [2.45, 2.75) is 45.6 Å². The maximum Gasteiger partial charge on any atom is 0.334 e. The van der Waals surface area contributed by atoms with Crippen LogP contribution in [0.1, 0.15) is 39.5 Å². The summed E-state index contributed by atoms with van der Waals surface area (Å²) in [6.07, 6.45) is 3.13. The summed E-state index contributed by atoms with van der Waals surface area (Å²) in [5, 5.41) is 0. The van der Waals surface area contributed by atoms with Gasteiger partial charge in [0.05, 0.1) is 0 Å². The van der Waals surface area contributed by atoms with Crippen molar-refractivity contribution in [1.29, 1.82) is 0 Å². The molecule has 2 aliphatic carbocycles. The first kappa shape index (κ1) is 11.9. The van der Waals surface area contributed by atoms with Gasteiger partial charge in [-0.2, -0.15) is 0 Å². The monoisotopic (exact) mass is 248 g/mol. The van der Waals surface area contributed by atoms with Crippen molar-refractivity contribution < 1.29 is 14.3 Å². The summed E-state index contributed by atoms with van der Waals surface area (Å²) in [6.45, 7) is 8.17. The fraction of sp³-hybridized carbons (Fsp3) is 0.733. The first-order chi connectivity index (χ1) is 8.43. The average Bonchev–Trinajstić information content (AvgIpc) is 2.58. The van der Waals surface area contributed by atoms with Gasteiger partial charge in [-0.3, -0.25) is 4.79 Å². The van der Waals surface area contributed by atoms with E-state index < -0.39 is 0 Å². The molecule has 0 amide bonds. The summed E-state index contributed by atoms with van der Waals surface area (Å²) in [7, 11) is 0. The number of ether oxygens (including phenoxy) is 1. The molecule has 5 atom stereocenters. The highest BCUT2D eigenvalue weighted by molar-refractivity contribution is 5.91. The van der Waals surface area contributed by atoms with Crippen LogP contribution >= 0.6 is 0 Å². The number of ketones is 1. The van der Waals surface area contributed by atoms with Crippen LogP contribution in [0.2, 0.25) is 0 Å². The third-order valence-corrected chi connectivity index (χ3v) is 5.52. The average molecular weight is 248 g/mol. The maximum absolute atomic E-state index is 12.3. The lowest BCUT2D eigenvalue weighted by Crippen LogP contribution is -2.50. The molecule has 3 heteroatoms. The normalized spacial score (nSPS) is 47.6. The summed E-state index contributed by atoms with van der Waals surface area (Å²) < 4.78 is 5.38. The molecule has 1 saturated heterocycles. The Morgan fingerprint density at radius 1 is 1.39 bits per heavy atom. The van der Waals surface area contributed by atoms with E-state index in [0.29, 0.717) is 36.0 Å². The highest BCUT2D eigenvalue weighted by Crippen LogP contribution is 2.55. The summed E-state index contributed by atoms with van der Waals surface area (Å²) in [4.78, 5) is 23.9. The van der Waals surface area contributed by atoms with E-state index >= 15 is 0 Å². The molecule has 3 rings (SSSR count). The molecule has 0 spiro atoms. The third kappa shape index (κ3) is 1.42. The Bertz CT molecular complexity index is 439. The standard InChI is InChI=1S/C15H20O3/c1-8-4-5-13(16)15(3)7-12-10(6-11(8)15)9(2)14(17)18-12/h8,10-12H,2,4-7H2,1,3H3/t8-,10-,11+,12-,15-/m1/s1. The number of carbonyl (C=O) groups is 2. The Morgan fingerprint density at radius 2 is 2.11 bits per heavy atom. The number of hydrogen-bond acceptors (Lipinski definition) is 3. The smallest absolute Gasteiger partial charge is 0.334 e. The lowest BCUT2D eigenvalue weighted by molar-refractivity contribution is -0.152. The van der Waals surface area contributed by atoms with Crippen molar-refractivity contribution in [3.63, 3.8) is 0 Å². The number of fused-ring (bicyclic) bond motifs is 2. The predicted molar refractivity (Wildman–Crippen MR) is 66.7 cm³/mol. The second-order valence-corrected chi connectivity index (χ2v) is 6.48. The van der Waals surface area contributed by atoms with Crippen LogP contribution in [0.3, 0.4) is 0 Å². The van der Waals surface area contributed by atoms with Gasteiger partial charge in [0, 0.05) is 23.3 Å². The van der Waals surface area contributed by atoms with Crippen molar-refractivity contribution in [2.24, 2.45) is 23.2 Å². The van der Waals surface area contributed by atoms with Gasteiger partial charge in [0.25, 0.3) is 0 Å². The quantitative estimate of drug-likeness (QED) is 0.488. The van der Waals surface area contributed by atoms with E-state index in [0.717, 1.165) is 12.8 Å². The second kappa shape index (κ2) is 3.69. The zero-order valence-corrected chi connectivity index (χ0v) is 11.1. The highest BCUT2D eigenvalue weighted by Gasteiger charge is 2.56. The van der Waals surface area contributed by atoms with E-state index in [1.165, 1.54) is 0 Å². The van der Waals surface area contributed by atoms with Gasteiger partial charge in [0.1, 0.15) is 11.9 Å². The first-order valence-corrected chi connectivity index (χ1v) is 6.86. The van der Waals surface area contributed by atoms with Crippen molar-refractivity contribution in [2.75, 3.05) is 0 Å². The zero-order valence-electron chi connectivity index (χ0n) is 11.1.